The van der Waals surface area contributed by atoms with E-state index in [1.165, 1.54) is 135 Å². The van der Waals surface area contributed by atoms with Crippen LogP contribution in [0.4, 0.5) is 0 Å². The van der Waals surface area contributed by atoms with E-state index in [0.29, 0.717) is 75.1 Å². The Labute approximate surface area is 630 Å². The maximum Gasteiger partial charge on any atom is 0.462 e. The highest BCUT2D eigenvalue weighted by Crippen LogP contribution is 2.64. The van der Waals surface area contributed by atoms with Crippen molar-refractivity contribution in [3.8, 4) is 46.0 Å². The Kier molecular flexibility index (Phi) is 30.2. The van der Waals surface area contributed by atoms with Gasteiger partial charge in [0.2, 0.25) is 0 Å². The molecule has 11 rings (SSSR count). The van der Waals surface area contributed by atoms with Crippen LogP contribution in [-0.4, -0.2) is 10.2 Å². The van der Waals surface area contributed by atoms with Gasteiger partial charge in [-0.15, -0.1) is 0 Å². The Balaban J connectivity index is 1.18. The Hall–Kier alpha value is -5.95. The molecule has 104 heavy (non-hydrogen) atoms. The van der Waals surface area contributed by atoms with E-state index in [4.69, 9.17) is 38.9 Å². The van der Waals surface area contributed by atoms with Crippen molar-refractivity contribution in [1.29, 1.82) is 0 Å². The van der Waals surface area contributed by atoms with Gasteiger partial charge < -0.3 is 37.4 Å². The number of phenols is 2. The molecule has 0 fully saturated rings. The van der Waals surface area contributed by atoms with Gasteiger partial charge >= 0.3 is 21.7 Å². The molecule has 2 N–H and O–H groups in total. The molecule has 562 valence electrons. The van der Waals surface area contributed by atoms with Crippen molar-refractivity contribution < 1.29 is 46.5 Å². The molecule has 14 heteroatoms. The second kappa shape index (κ2) is 39.8. The molecule has 7 atom stereocenters. The normalized spacial score (nSPS) is 20.5. The first kappa shape index (κ1) is 79.1. The number of aromatic hydroxyl groups is 2. The molecule has 8 bridgehead atoms. The average molecular weight is 1490 g/mol. The molecule has 0 radical (unpaired) electrons. The van der Waals surface area contributed by atoms with Crippen molar-refractivity contribution in [3.63, 3.8) is 0 Å². The molecule has 7 aromatic carbocycles. The number of phenolic OH excluding ortho intramolecular Hbond substituents is 2. The van der Waals surface area contributed by atoms with Crippen molar-refractivity contribution in [1.82, 2.24) is 0 Å². The van der Waals surface area contributed by atoms with Crippen LogP contribution in [0.2, 0.25) is 0 Å². The zero-order valence-corrected chi connectivity index (χ0v) is 66.8. The van der Waals surface area contributed by atoms with Crippen LogP contribution in [0.3, 0.4) is 0 Å². The van der Waals surface area contributed by atoms with Crippen LogP contribution in [0, 0.1) is 0 Å². The second-order valence-electron chi connectivity index (χ2n) is 30.5. The number of hydrogen-bond donors (Lipinski definition) is 2. The van der Waals surface area contributed by atoms with Crippen LogP contribution < -0.4 is 43.1 Å². The average Bonchev–Trinajstić information content (AvgIpc) is 0.726. The first-order valence-electron chi connectivity index (χ1n) is 41.1. The first-order valence-corrected chi connectivity index (χ1v) is 46.8. The second-order valence-corrected chi connectivity index (χ2v) is 37.6. The van der Waals surface area contributed by atoms with Gasteiger partial charge in [-0.25, -0.2) is 9.13 Å². The minimum absolute atomic E-state index is 0.0126. The number of rotatable bonds is 43. The lowest BCUT2D eigenvalue weighted by Crippen LogP contribution is -2.23. The molecule has 0 aromatic heterocycles. The summed E-state index contributed by atoms with van der Waals surface area (Å²) in [6.07, 6.45) is 44.1. The zero-order chi connectivity index (χ0) is 72.6. The first-order chi connectivity index (χ1) is 50.9. The third kappa shape index (κ3) is 20.4. The third-order valence-corrected chi connectivity index (χ3v) is 29.0. The van der Waals surface area contributed by atoms with Crippen LogP contribution in [0.25, 0.3) is 0 Å². The van der Waals surface area contributed by atoms with Crippen LogP contribution in [0.1, 0.15) is 353 Å². The SMILES string of the molecule is CCCCCCCCCCCC1c2cc3c(cc2O)OP(=O)(c2ccccc2)Oc2cc4c(cc2C3CCCCCCCCCCC)C(CCCCCCCCCCC)c2cc3c(cc2OP(=O)(c2ccccc2)O4)OP(=S)(c2ccccc2)Oc2cc(O)c1cc2C3CCCCCCCCCCC. The van der Waals surface area contributed by atoms with E-state index in [-0.39, 0.29) is 23.2 Å². The Morgan fingerprint density at radius 3 is 0.760 bits per heavy atom. The summed E-state index contributed by atoms with van der Waals surface area (Å²) < 4.78 is 77.1. The summed E-state index contributed by atoms with van der Waals surface area (Å²) in [5.41, 5.74) is 6.46. The van der Waals surface area contributed by atoms with Gasteiger partial charge in [-0.05, 0) is 98.2 Å². The van der Waals surface area contributed by atoms with Crippen molar-refractivity contribution >= 4 is 49.4 Å². The fraction of sp³-hybridized carbons (Fsp3) is 0.533. The molecule has 7 aromatic rings. The standard InChI is InChI=1S/C90H121O10P3S/c1-5-9-13-17-21-25-29-33-46-56-71-75-60-77-72(57-47-34-30-26-22-18-14-10-6-2)79-62-80-74(59-49-36-32-28-24-20-16-12-8-4)81-63-82-73(58-48-35-31-27-23-19-15-11-7-3)78-61-76(71)84(92)65-86(78)99-103(104,70-54-44-39-45-55-70)100-90(82)67-89(81)98-102(94,69-52-42-38-43-53-69)97-88(80)66-87(79)96-101(93,68-50-40-37-41-51-68)95-85(77)64-83(75)91/h37-45,50-55,60-67,71-74,91-92H,5-36,46-49,56-59H2,1-4H3. The van der Waals surface area contributed by atoms with Gasteiger partial charge in [-0.3, -0.25) is 0 Å². The lowest BCUT2D eigenvalue weighted by atomic mass is 9.76. The van der Waals surface area contributed by atoms with E-state index in [1.807, 2.05) is 78.9 Å². The molecule has 3 aliphatic heterocycles. The van der Waals surface area contributed by atoms with Crippen molar-refractivity contribution in [2.24, 2.45) is 0 Å². The number of benzene rings is 7. The highest BCUT2D eigenvalue weighted by molar-refractivity contribution is 8.13. The molecular weight excluding hydrogens is 1370 g/mol. The monoisotopic (exact) mass is 1490 g/mol. The summed E-state index contributed by atoms with van der Waals surface area (Å²) in [7, 11) is -8.84. The van der Waals surface area contributed by atoms with Gasteiger partial charge in [0, 0.05) is 92.4 Å². The van der Waals surface area contributed by atoms with Crippen LogP contribution in [0.15, 0.2) is 140 Å². The van der Waals surface area contributed by atoms with E-state index in [9.17, 15) is 10.2 Å². The summed E-state index contributed by atoms with van der Waals surface area (Å²) in [4.78, 5) is 0. The van der Waals surface area contributed by atoms with E-state index in [1.54, 1.807) is 36.4 Å². The Morgan fingerprint density at radius 1 is 0.269 bits per heavy atom. The third-order valence-electron chi connectivity index (χ3n) is 22.5. The quantitative estimate of drug-likeness (QED) is 0.0280. The highest BCUT2D eigenvalue weighted by Gasteiger charge is 2.45. The van der Waals surface area contributed by atoms with E-state index in [0.717, 1.165) is 136 Å². The maximum atomic E-state index is 16.8. The van der Waals surface area contributed by atoms with Crippen LogP contribution in [-0.2, 0) is 20.9 Å². The summed E-state index contributed by atoms with van der Waals surface area (Å²) >= 11 is 6.87. The van der Waals surface area contributed by atoms with Crippen molar-refractivity contribution in [3.05, 3.63) is 184 Å². The molecule has 0 spiro atoms. The molecule has 1 aliphatic carbocycles. The molecule has 0 amide bonds. The predicted molar refractivity (Wildman–Crippen MR) is 435 cm³/mol. The van der Waals surface area contributed by atoms with Crippen LogP contribution in [0.5, 0.6) is 46.0 Å². The predicted octanol–water partition coefficient (Wildman–Crippen LogP) is 27.6. The van der Waals surface area contributed by atoms with E-state index < -0.39 is 39.4 Å². The molecule has 3 heterocycles. The Bertz CT molecular complexity index is 3760. The molecule has 0 saturated carbocycles. The molecule has 10 nitrogen and oxygen atoms in total. The summed E-state index contributed by atoms with van der Waals surface area (Å²) in [6, 6.07) is 44.3. The van der Waals surface area contributed by atoms with Gasteiger partial charge in [0.05, 0.1) is 15.9 Å². The lowest BCUT2D eigenvalue weighted by Gasteiger charge is -2.37. The summed E-state index contributed by atoms with van der Waals surface area (Å²) in [5.74, 6) is 0.624. The van der Waals surface area contributed by atoms with E-state index >= 15 is 9.13 Å². The smallest absolute Gasteiger partial charge is 0.462 e. The largest absolute Gasteiger partial charge is 0.508 e. The minimum Gasteiger partial charge on any atom is -0.508 e. The van der Waals surface area contributed by atoms with Crippen molar-refractivity contribution in [2.45, 2.75) is 308 Å². The molecular formula is C90H121O10P3S. The fourth-order valence-corrected chi connectivity index (χ4v) is 22.3. The number of fused-ring (bicyclic) bond motifs is 2. The fourth-order valence-electron chi connectivity index (χ4n) is 16.6. The van der Waals surface area contributed by atoms with Gasteiger partial charge in [-0.1, -0.05) is 313 Å². The van der Waals surface area contributed by atoms with Gasteiger partial charge in [0.15, 0.2) is 0 Å². The van der Waals surface area contributed by atoms with Crippen LogP contribution >= 0.6 is 21.7 Å². The topological polar surface area (TPSA) is 130 Å². The highest BCUT2D eigenvalue weighted by atomic mass is 32.5. The lowest BCUT2D eigenvalue weighted by molar-refractivity contribution is 0.376. The van der Waals surface area contributed by atoms with Gasteiger partial charge in [-0.2, -0.15) is 0 Å². The van der Waals surface area contributed by atoms with Crippen molar-refractivity contribution in [2.75, 3.05) is 0 Å². The van der Waals surface area contributed by atoms with E-state index in [2.05, 4.69) is 52.0 Å². The van der Waals surface area contributed by atoms with Gasteiger partial charge in [0.1, 0.15) is 46.0 Å². The Morgan fingerprint density at radius 2 is 0.481 bits per heavy atom. The zero-order valence-electron chi connectivity index (χ0n) is 63.3. The summed E-state index contributed by atoms with van der Waals surface area (Å²) in [5, 5.41) is 27.9. The molecule has 7 unspecified atom stereocenters. The minimum atomic E-state index is -4.44. The number of hydrogen-bond acceptors (Lipinski definition) is 11. The molecule has 4 aliphatic rings. The summed E-state index contributed by atoms with van der Waals surface area (Å²) in [6.45, 7) is 5.49. The number of unbranched alkanes of at least 4 members (excludes halogenated alkanes) is 32. The van der Waals surface area contributed by atoms with Gasteiger partial charge in [0.25, 0.3) is 0 Å². The molecule has 0 saturated heterocycles. The maximum absolute atomic E-state index is 16.8.